The van der Waals surface area contributed by atoms with Gasteiger partial charge < -0.3 is 5.11 Å². The fourth-order valence-electron chi connectivity index (χ4n) is 0.981. The zero-order valence-corrected chi connectivity index (χ0v) is 8.75. The van der Waals surface area contributed by atoms with E-state index in [2.05, 4.69) is 0 Å². The van der Waals surface area contributed by atoms with Crippen molar-refractivity contribution in [2.45, 2.75) is 0 Å². The first-order chi connectivity index (χ1) is 6.91. The molecule has 7 heteroatoms. The van der Waals surface area contributed by atoms with E-state index in [1.54, 1.807) is 0 Å². The zero-order chi connectivity index (χ0) is 11.6. The second-order valence-corrected chi connectivity index (χ2v) is 3.54. The Morgan fingerprint density at radius 2 is 2.07 bits per heavy atom. The van der Waals surface area contributed by atoms with E-state index in [1.165, 1.54) is 6.07 Å². The first-order valence-corrected chi connectivity index (χ1v) is 4.50. The topological polar surface area (TPSA) is 80.4 Å². The van der Waals surface area contributed by atoms with E-state index < -0.39 is 23.0 Å². The van der Waals surface area contributed by atoms with Crippen molar-refractivity contribution in [1.29, 1.82) is 0 Å². The van der Waals surface area contributed by atoms with E-state index in [0.717, 1.165) is 6.07 Å². The highest BCUT2D eigenvalue weighted by Gasteiger charge is 2.19. The lowest BCUT2D eigenvalue weighted by Gasteiger charge is -2.03. The van der Waals surface area contributed by atoms with Gasteiger partial charge in [-0.25, -0.2) is 0 Å². The average Bonchev–Trinajstić information content (AvgIpc) is 2.09. The van der Waals surface area contributed by atoms with Crippen molar-refractivity contribution in [2.24, 2.45) is 0 Å². The maximum atomic E-state index is 11.3. The summed E-state index contributed by atoms with van der Waals surface area (Å²) >= 11 is 11.1. The maximum absolute atomic E-state index is 11.3. The monoisotopic (exact) mass is 249 g/mol. The Kier molecular flexibility index (Phi) is 3.49. The number of ketones is 1. The summed E-state index contributed by atoms with van der Waals surface area (Å²) < 4.78 is 0. The van der Waals surface area contributed by atoms with Crippen LogP contribution >= 0.6 is 23.2 Å². The molecule has 0 aliphatic rings. The molecule has 80 valence electrons. The number of nitrogens with zero attached hydrogens (tertiary/aromatic N) is 1. The third-order valence-corrected chi connectivity index (χ3v) is 2.11. The molecule has 1 aromatic carbocycles. The van der Waals surface area contributed by atoms with E-state index in [9.17, 15) is 20.0 Å². The maximum Gasteiger partial charge on any atom is 0.265 e. The lowest BCUT2D eigenvalue weighted by atomic mass is 10.1. The Labute approximate surface area is 94.4 Å². The van der Waals surface area contributed by atoms with Crippen LogP contribution in [0.15, 0.2) is 12.1 Å². The summed E-state index contributed by atoms with van der Waals surface area (Å²) in [5.41, 5.74) is -0.246. The molecule has 1 aromatic rings. The van der Waals surface area contributed by atoms with E-state index in [1.807, 2.05) is 0 Å². The molecule has 15 heavy (non-hydrogen) atoms. The lowest BCUT2D eigenvalue weighted by Crippen LogP contribution is -2.13. The number of phenols is 1. The van der Waals surface area contributed by atoms with Crippen molar-refractivity contribution in [3.8, 4) is 5.75 Å². The van der Waals surface area contributed by atoms with Gasteiger partial charge in [-0.1, -0.05) is 23.2 Å². The molecule has 0 atom stereocenters. The summed E-state index contributed by atoms with van der Waals surface area (Å²) in [6.45, 7) is -0.912. The van der Waals surface area contributed by atoms with Crippen LogP contribution in [0, 0.1) is 10.1 Å². The van der Waals surface area contributed by atoms with Crippen molar-refractivity contribution < 1.29 is 14.8 Å². The quantitative estimate of drug-likeness (QED) is 0.506. The number of carbonyl (C=O) groups excluding carboxylic acids is 1. The highest BCUT2D eigenvalue weighted by atomic mass is 35.5. The first kappa shape index (κ1) is 11.7. The van der Waals surface area contributed by atoms with Crippen molar-refractivity contribution in [1.82, 2.24) is 0 Å². The minimum atomic E-state index is -0.912. The van der Waals surface area contributed by atoms with Crippen LogP contribution in [0.5, 0.6) is 5.75 Å². The number of rotatable bonds is 3. The highest BCUT2D eigenvalue weighted by Crippen LogP contribution is 2.31. The van der Waals surface area contributed by atoms with Gasteiger partial charge in [-0.3, -0.25) is 14.9 Å². The average molecular weight is 250 g/mol. The Hall–Kier alpha value is -1.33. The minimum absolute atomic E-state index is 0.116. The largest absolute Gasteiger partial charge is 0.506 e. The van der Waals surface area contributed by atoms with Crippen LogP contribution in [0.25, 0.3) is 0 Å². The molecule has 0 aliphatic carbocycles. The standard InChI is InChI=1S/C8H5Cl2NO4/c9-4-1-5(7(12)3-11(14)15)8(13)6(10)2-4/h1-2,13H,3H2. The van der Waals surface area contributed by atoms with E-state index >= 15 is 0 Å². The highest BCUT2D eigenvalue weighted by molar-refractivity contribution is 6.36. The summed E-state index contributed by atoms with van der Waals surface area (Å²) in [6, 6.07) is 2.37. The summed E-state index contributed by atoms with van der Waals surface area (Å²) in [4.78, 5) is 20.6. The van der Waals surface area contributed by atoms with Gasteiger partial charge in [0.15, 0.2) is 0 Å². The fourth-order valence-corrected chi connectivity index (χ4v) is 1.47. The van der Waals surface area contributed by atoms with Crippen LogP contribution in [0.3, 0.4) is 0 Å². The number of nitro groups is 1. The number of hydrogen-bond acceptors (Lipinski definition) is 4. The number of halogens is 2. The van der Waals surface area contributed by atoms with Gasteiger partial charge in [0.1, 0.15) is 5.75 Å². The molecular formula is C8H5Cl2NO4. The molecule has 0 aromatic heterocycles. The number of carbonyl (C=O) groups is 1. The Morgan fingerprint density at radius 1 is 1.47 bits per heavy atom. The van der Waals surface area contributed by atoms with Crippen molar-refractivity contribution in [2.75, 3.05) is 6.54 Å². The number of benzene rings is 1. The third-order valence-electron chi connectivity index (χ3n) is 1.60. The first-order valence-electron chi connectivity index (χ1n) is 3.75. The van der Waals surface area contributed by atoms with Crippen LogP contribution < -0.4 is 0 Å². The molecule has 0 fully saturated rings. The number of hydrogen-bond donors (Lipinski definition) is 1. The molecule has 0 unspecified atom stereocenters. The molecule has 5 nitrogen and oxygen atoms in total. The van der Waals surface area contributed by atoms with Crippen molar-refractivity contribution in [3.05, 3.63) is 37.9 Å². The third kappa shape index (κ3) is 2.81. The van der Waals surface area contributed by atoms with Crippen molar-refractivity contribution in [3.63, 3.8) is 0 Å². The van der Waals surface area contributed by atoms with Gasteiger partial charge in [0.25, 0.3) is 6.54 Å². The summed E-state index contributed by atoms with van der Waals surface area (Å²) in [5, 5.41) is 19.5. The zero-order valence-electron chi connectivity index (χ0n) is 7.24. The summed E-state index contributed by atoms with van der Waals surface area (Å²) in [6.07, 6.45) is 0. The Balaban J connectivity index is 3.13. The van der Waals surface area contributed by atoms with E-state index in [4.69, 9.17) is 23.2 Å². The molecule has 1 rings (SSSR count). The number of phenolic OH excluding ortho intramolecular Hbond substituents is 1. The van der Waals surface area contributed by atoms with E-state index in [-0.39, 0.29) is 15.6 Å². The number of Topliss-reactive ketones (excluding diaryl/α,β-unsaturated/α-hetero) is 1. The summed E-state index contributed by atoms with van der Waals surface area (Å²) in [5.74, 6) is -1.34. The number of aromatic hydroxyl groups is 1. The van der Waals surface area contributed by atoms with Crippen molar-refractivity contribution >= 4 is 29.0 Å². The van der Waals surface area contributed by atoms with E-state index in [0.29, 0.717) is 0 Å². The normalized spacial score (nSPS) is 10.0. The second kappa shape index (κ2) is 4.46. The van der Waals surface area contributed by atoms with Gasteiger partial charge in [-0.15, -0.1) is 0 Å². The molecule has 0 spiro atoms. The van der Waals surface area contributed by atoms with Crippen LogP contribution in [-0.2, 0) is 0 Å². The predicted octanol–water partition coefficient (Wildman–Crippen LogP) is 2.16. The molecule has 1 N–H and O–H groups in total. The van der Waals surface area contributed by atoms with Gasteiger partial charge in [-0.2, -0.15) is 0 Å². The molecular weight excluding hydrogens is 245 g/mol. The molecule has 0 amide bonds. The molecule has 0 bridgehead atoms. The Morgan fingerprint density at radius 3 is 2.60 bits per heavy atom. The molecule has 0 radical (unpaired) electrons. The van der Waals surface area contributed by atoms with Crippen LogP contribution in [0.1, 0.15) is 10.4 Å². The Bertz CT molecular complexity index is 433. The van der Waals surface area contributed by atoms with Gasteiger partial charge in [0, 0.05) is 9.95 Å². The molecule has 0 aliphatic heterocycles. The lowest BCUT2D eigenvalue weighted by molar-refractivity contribution is -0.465. The fraction of sp³-hybridized carbons (Fsp3) is 0.125. The predicted molar refractivity (Wildman–Crippen MR) is 54.3 cm³/mol. The van der Waals surface area contributed by atoms with Gasteiger partial charge in [0.05, 0.1) is 10.6 Å². The minimum Gasteiger partial charge on any atom is -0.506 e. The van der Waals surface area contributed by atoms with Gasteiger partial charge in [-0.05, 0) is 12.1 Å². The molecule has 0 saturated carbocycles. The van der Waals surface area contributed by atoms with Crippen LogP contribution in [-0.4, -0.2) is 22.4 Å². The molecule has 0 saturated heterocycles. The van der Waals surface area contributed by atoms with Crippen LogP contribution in [0.4, 0.5) is 0 Å². The van der Waals surface area contributed by atoms with Gasteiger partial charge in [0.2, 0.25) is 5.78 Å². The molecule has 0 heterocycles. The SMILES string of the molecule is O=C(C[N+](=O)[O-])c1cc(Cl)cc(Cl)c1O. The van der Waals surface area contributed by atoms with Crippen LogP contribution in [0.2, 0.25) is 10.0 Å². The summed E-state index contributed by atoms with van der Waals surface area (Å²) in [7, 11) is 0. The smallest absolute Gasteiger partial charge is 0.265 e. The second-order valence-electron chi connectivity index (χ2n) is 2.70. The van der Waals surface area contributed by atoms with Gasteiger partial charge >= 0.3 is 0 Å².